The van der Waals surface area contributed by atoms with Crippen LogP contribution in [0.5, 0.6) is 0 Å². The molecule has 2 rings (SSSR count). The quantitative estimate of drug-likeness (QED) is 0.486. The lowest BCUT2D eigenvalue weighted by molar-refractivity contribution is -0.137. The zero-order valence-electron chi connectivity index (χ0n) is 8.93. The van der Waals surface area contributed by atoms with E-state index in [0.29, 0.717) is 3.57 Å². The Morgan fingerprint density at radius 3 is 2.22 bits per heavy atom. The molecule has 0 amide bonds. The van der Waals surface area contributed by atoms with Crippen molar-refractivity contribution in [3.8, 4) is 11.1 Å². The summed E-state index contributed by atoms with van der Waals surface area (Å²) in [5.74, 6) is -0.660. The van der Waals surface area contributed by atoms with Crippen LogP contribution in [0.4, 0.5) is 17.6 Å². The second kappa shape index (κ2) is 4.87. The van der Waals surface area contributed by atoms with Gasteiger partial charge in [0.25, 0.3) is 0 Å². The molecule has 0 aliphatic carbocycles. The maximum atomic E-state index is 13.7. The van der Waals surface area contributed by atoms with E-state index in [9.17, 15) is 17.6 Å². The number of alkyl halides is 3. The van der Waals surface area contributed by atoms with Crippen LogP contribution in [-0.4, -0.2) is 0 Å². The van der Waals surface area contributed by atoms with E-state index >= 15 is 0 Å². The minimum Gasteiger partial charge on any atom is -0.206 e. The van der Waals surface area contributed by atoms with Crippen molar-refractivity contribution in [1.82, 2.24) is 0 Å². The van der Waals surface area contributed by atoms with E-state index < -0.39 is 17.6 Å². The third-order valence-corrected chi connectivity index (χ3v) is 3.12. The molecule has 0 heterocycles. The Labute approximate surface area is 115 Å². The molecule has 18 heavy (non-hydrogen) atoms. The van der Waals surface area contributed by atoms with Gasteiger partial charge in [-0.3, -0.25) is 0 Å². The van der Waals surface area contributed by atoms with Gasteiger partial charge in [0.05, 0.1) is 5.56 Å². The van der Waals surface area contributed by atoms with Crippen LogP contribution < -0.4 is 0 Å². The van der Waals surface area contributed by atoms with E-state index in [1.165, 1.54) is 36.4 Å². The molecule has 0 aliphatic rings. The SMILES string of the molecule is Fc1ccc(I)cc1-c1ccccc1C(F)(F)F. The molecule has 0 unspecified atom stereocenters. The zero-order chi connectivity index (χ0) is 13.3. The molecule has 0 fully saturated rings. The summed E-state index contributed by atoms with van der Waals surface area (Å²) < 4.78 is 52.9. The summed E-state index contributed by atoms with van der Waals surface area (Å²) in [5, 5.41) is 0. The van der Waals surface area contributed by atoms with Gasteiger partial charge in [-0.15, -0.1) is 0 Å². The van der Waals surface area contributed by atoms with Gasteiger partial charge < -0.3 is 0 Å². The average Bonchev–Trinajstić information content (AvgIpc) is 2.31. The van der Waals surface area contributed by atoms with E-state index in [0.717, 1.165) is 6.07 Å². The van der Waals surface area contributed by atoms with Crippen molar-refractivity contribution in [2.45, 2.75) is 6.18 Å². The Hall–Kier alpha value is -1.11. The lowest BCUT2D eigenvalue weighted by Crippen LogP contribution is -2.07. The number of hydrogen-bond donors (Lipinski definition) is 0. The number of halogens is 5. The van der Waals surface area contributed by atoms with Crippen molar-refractivity contribution in [2.75, 3.05) is 0 Å². The molecule has 0 aliphatic heterocycles. The highest BCUT2D eigenvalue weighted by Crippen LogP contribution is 2.38. The average molecular weight is 366 g/mol. The van der Waals surface area contributed by atoms with Crippen molar-refractivity contribution < 1.29 is 17.6 Å². The Morgan fingerprint density at radius 1 is 0.889 bits per heavy atom. The number of hydrogen-bond acceptors (Lipinski definition) is 0. The first-order valence-corrected chi connectivity index (χ1v) is 6.09. The molecule has 5 heteroatoms. The Bertz CT molecular complexity index is 575. The monoisotopic (exact) mass is 366 g/mol. The van der Waals surface area contributed by atoms with E-state index in [1.54, 1.807) is 0 Å². The molecule has 0 saturated heterocycles. The predicted molar refractivity (Wildman–Crippen MR) is 69.6 cm³/mol. The molecule has 0 aromatic heterocycles. The second-order valence-electron chi connectivity index (χ2n) is 3.67. The van der Waals surface area contributed by atoms with E-state index in [1.807, 2.05) is 22.6 Å². The highest BCUT2D eigenvalue weighted by molar-refractivity contribution is 14.1. The summed E-state index contributed by atoms with van der Waals surface area (Å²) in [5.41, 5.74) is -0.998. The number of rotatable bonds is 1. The van der Waals surface area contributed by atoms with Gasteiger partial charge >= 0.3 is 6.18 Å². The molecule has 0 spiro atoms. The van der Waals surface area contributed by atoms with Gasteiger partial charge in [-0.2, -0.15) is 13.2 Å². The van der Waals surface area contributed by atoms with Gasteiger partial charge in [-0.25, -0.2) is 4.39 Å². The molecule has 2 aromatic rings. The van der Waals surface area contributed by atoms with Crippen molar-refractivity contribution in [2.24, 2.45) is 0 Å². The molecule has 0 atom stereocenters. The first-order valence-electron chi connectivity index (χ1n) is 5.01. The molecule has 0 bridgehead atoms. The fourth-order valence-electron chi connectivity index (χ4n) is 1.67. The third-order valence-electron chi connectivity index (χ3n) is 2.45. The van der Waals surface area contributed by atoms with Crippen molar-refractivity contribution >= 4 is 22.6 Å². The summed E-state index contributed by atoms with van der Waals surface area (Å²) in [4.78, 5) is 0. The molecular formula is C13H7F4I. The molecule has 94 valence electrons. The zero-order valence-corrected chi connectivity index (χ0v) is 11.1. The Morgan fingerprint density at radius 2 is 1.56 bits per heavy atom. The fraction of sp³-hybridized carbons (Fsp3) is 0.0769. The minimum absolute atomic E-state index is 0.0326. The largest absolute Gasteiger partial charge is 0.417 e. The first kappa shape index (κ1) is 13.3. The van der Waals surface area contributed by atoms with Crippen LogP contribution in [0.15, 0.2) is 42.5 Å². The third kappa shape index (κ3) is 2.66. The lowest BCUT2D eigenvalue weighted by Gasteiger charge is -2.13. The van der Waals surface area contributed by atoms with Crippen LogP contribution in [0, 0.1) is 9.39 Å². The molecule has 2 aromatic carbocycles. The molecule has 0 radical (unpaired) electrons. The van der Waals surface area contributed by atoms with Crippen LogP contribution in [-0.2, 0) is 6.18 Å². The summed E-state index contributed by atoms with van der Waals surface area (Å²) in [6, 6.07) is 9.06. The Balaban J connectivity index is 2.68. The predicted octanol–water partition coefficient (Wildman–Crippen LogP) is 5.12. The van der Waals surface area contributed by atoms with Crippen LogP contribution in [0.2, 0.25) is 0 Å². The summed E-state index contributed by atoms with van der Waals surface area (Å²) in [7, 11) is 0. The van der Waals surface area contributed by atoms with Crippen LogP contribution in [0.3, 0.4) is 0 Å². The smallest absolute Gasteiger partial charge is 0.206 e. The molecule has 0 nitrogen and oxygen atoms in total. The topological polar surface area (TPSA) is 0 Å². The highest BCUT2D eigenvalue weighted by Gasteiger charge is 2.33. The lowest BCUT2D eigenvalue weighted by atomic mass is 9.99. The maximum absolute atomic E-state index is 13.7. The Kier molecular flexibility index (Phi) is 3.61. The maximum Gasteiger partial charge on any atom is 0.417 e. The van der Waals surface area contributed by atoms with Crippen molar-refractivity contribution in [1.29, 1.82) is 0 Å². The normalized spacial score (nSPS) is 11.6. The molecular weight excluding hydrogens is 359 g/mol. The van der Waals surface area contributed by atoms with Gasteiger partial charge in [0, 0.05) is 9.13 Å². The van der Waals surface area contributed by atoms with Crippen molar-refractivity contribution in [3.05, 3.63) is 57.4 Å². The summed E-state index contributed by atoms with van der Waals surface area (Å²) >= 11 is 1.93. The summed E-state index contributed by atoms with van der Waals surface area (Å²) in [6.45, 7) is 0. The van der Waals surface area contributed by atoms with Crippen molar-refractivity contribution in [3.63, 3.8) is 0 Å². The van der Waals surface area contributed by atoms with Crippen LogP contribution in [0.25, 0.3) is 11.1 Å². The minimum atomic E-state index is -4.50. The first-order chi connectivity index (χ1) is 8.39. The molecule has 0 N–H and O–H groups in total. The van der Waals surface area contributed by atoms with E-state index in [4.69, 9.17) is 0 Å². The van der Waals surface area contributed by atoms with Crippen LogP contribution in [0.1, 0.15) is 5.56 Å². The standard InChI is InChI=1S/C13H7F4I/c14-12-6-5-8(18)7-10(12)9-3-1-2-4-11(9)13(15,16)17/h1-7H. The van der Waals surface area contributed by atoms with E-state index in [-0.39, 0.29) is 11.1 Å². The van der Waals surface area contributed by atoms with Gasteiger partial charge in [-0.05, 0) is 52.4 Å². The number of benzene rings is 2. The fourth-order valence-corrected chi connectivity index (χ4v) is 2.16. The highest BCUT2D eigenvalue weighted by atomic mass is 127. The van der Waals surface area contributed by atoms with Crippen LogP contribution >= 0.6 is 22.6 Å². The van der Waals surface area contributed by atoms with Gasteiger partial charge in [0.1, 0.15) is 5.82 Å². The van der Waals surface area contributed by atoms with Gasteiger partial charge in [0.2, 0.25) is 0 Å². The van der Waals surface area contributed by atoms with Gasteiger partial charge in [-0.1, -0.05) is 18.2 Å². The van der Waals surface area contributed by atoms with E-state index in [2.05, 4.69) is 0 Å². The second-order valence-corrected chi connectivity index (χ2v) is 4.91. The molecule has 0 saturated carbocycles. The summed E-state index contributed by atoms with van der Waals surface area (Å²) in [6.07, 6.45) is -4.50. The van der Waals surface area contributed by atoms with Gasteiger partial charge in [0.15, 0.2) is 0 Å².